The molecule has 0 saturated carbocycles. The van der Waals surface area contributed by atoms with E-state index in [-0.39, 0.29) is 11.9 Å². The van der Waals surface area contributed by atoms with Crippen molar-refractivity contribution < 1.29 is 9.21 Å². The zero-order valence-electron chi connectivity index (χ0n) is 14.2. The molecule has 0 fully saturated rings. The molecule has 5 nitrogen and oxygen atoms in total. The van der Waals surface area contributed by atoms with Crippen LogP contribution in [-0.2, 0) is 0 Å². The Morgan fingerprint density at radius 3 is 2.42 bits per heavy atom. The van der Waals surface area contributed by atoms with Gasteiger partial charge in [0.1, 0.15) is 0 Å². The van der Waals surface area contributed by atoms with E-state index < -0.39 is 0 Å². The SMILES string of the molecule is Cc1ccc(C(=O)Nc2nnc(-c3ccc(C)c(C)c3)o2)c(C)c1. The van der Waals surface area contributed by atoms with Crippen LogP contribution >= 0.6 is 0 Å². The number of anilines is 1. The summed E-state index contributed by atoms with van der Waals surface area (Å²) in [6.07, 6.45) is 0. The van der Waals surface area contributed by atoms with E-state index in [4.69, 9.17) is 4.42 Å². The molecule has 0 aliphatic rings. The molecule has 0 aliphatic heterocycles. The number of benzene rings is 2. The first-order valence-corrected chi connectivity index (χ1v) is 7.74. The fraction of sp³-hybridized carbons (Fsp3) is 0.211. The van der Waals surface area contributed by atoms with Gasteiger partial charge in [0.15, 0.2) is 0 Å². The molecule has 122 valence electrons. The van der Waals surface area contributed by atoms with Crippen molar-refractivity contribution in [3.63, 3.8) is 0 Å². The molecule has 1 amide bonds. The summed E-state index contributed by atoms with van der Waals surface area (Å²) in [7, 11) is 0. The van der Waals surface area contributed by atoms with Gasteiger partial charge in [0, 0.05) is 11.1 Å². The Morgan fingerprint density at radius 1 is 0.917 bits per heavy atom. The molecule has 0 aliphatic carbocycles. The monoisotopic (exact) mass is 321 g/mol. The molecule has 2 aromatic carbocycles. The topological polar surface area (TPSA) is 68.0 Å². The Kier molecular flexibility index (Phi) is 4.16. The van der Waals surface area contributed by atoms with E-state index in [1.54, 1.807) is 6.07 Å². The number of hydrogen-bond acceptors (Lipinski definition) is 4. The number of aryl methyl sites for hydroxylation is 4. The molecule has 0 unspecified atom stereocenters. The van der Waals surface area contributed by atoms with Crippen molar-refractivity contribution >= 4 is 11.9 Å². The van der Waals surface area contributed by atoms with E-state index in [9.17, 15) is 4.79 Å². The standard InChI is InChI=1S/C19H19N3O2/c1-11-5-8-16(14(4)9-11)17(23)20-19-22-21-18(24-19)15-7-6-12(2)13(3)10-15/h5-10H,1-4H3,(H,20,22,23). The first-order chi connectivity index (χ1) is 11.4. The summed E-state index contributed by atoms with van der Waals surface area (Å²) in [6.45, 7) is 7.96. The Morgan fingerprint density at radius 2 is 1.71 bits per heavy atom. The van der Waals surface area contributed by atoms with Gasteiger partial charge in [0.2, 0.25) is 5.89 Å². The Labute approximate surface area is 140 Å². The van der Waals surface area contributed by atoms with Crippen LogP contribution in [0.3, 0.4) is 0 Å². The Bertz CT molecular complexity index is 913. The van der Waals surface area contributed by atoms with Gasteiger partial charge < -0.3 is 4.42 Å². The van der Waals surface area contributed by atoms with E-state index in [0.717, 1.165) is 22.3 Å². The zero-order chi connectivity index (χ0) is 17.3. The van der Waals surface area contributed by atoms with Crippen LogP contribution < -0.4 is 5.32 Å². The minimum absolute atomic E-state index is 0.0909. The maximum atomic E-state index is 12.4. The van der Waals surface area contributed by atoms with Gasteiger partial charge in [0.25, 0.3) is 5.91 Å². The van der Waals surface area contributed by atoms with Crippen LogP contribution in [0, 0.1) is 27.7 Å². The van der Waals surface area contributed by atoms with E-state index in [1.807, 2.05) is 58.0 Å². The van der Waals surface area contributed by atoms with E-state index in [0.29, 0.717) is 11.5 Å². The maximum absolute atomic E-state index is 12.4. The minimum Gasteiger partial charge on any atom is -0.403 e. The summed E-state index contributed by atoms with van der Waals surface area (Å²) < 4.78 is 5.57. The second kappa shape index (κ2) is 6.28. The lowest BCUT2D eigenvalue weighted by molar-refractivity contribution is 0.102. The molecule has 1 N–H and O–H groups in total. The molecule has 1 aromatic heterocycles. The third kappa shape index (κ3) is 3.20. The number of carbonyl (C=O) groups excluding carboxylic acids is 1. The third-order valence-corrected chi connectivity index (χ3v) is 4.03. The fourth-order valence-corrected chi connectivity index (χ4v) is 2.50. The largest absolute Gasteiger partial charge is 0.403 e. The van der Waals surface area contributed by atoms with Crippen molar-refractivity contribution in [3.8, 4) is 11.5 Å². The van der Waals surface area contributed by atoms with Gasteiger partial charge in [-0.3, -0.25) is 10.1 Å². The van der Waals surface area contributed by atoms with E-state index in [2.05, 4.69) is 15.5 Å². The molecule has 0 saturated heterocycles. The van der Waals surface area contributed by atoms with Gasteiger partial charge in [-0.05, 0) is 62.6 Å². The highest BCUT2D eigenvalue weighted by molar-refractivity contribution is 6.04. The van der Waals surface area contributed by atoms with Crippen LogP contribution in [0.15, 0.2) is 40.8 Å². The Balaban J connectivity index is 1.80. The number of hydrogen-bond donors (Lipinski definition) is 1. The summed E-state index contributed by atoms with van der Waals surface area (Å²) in [5, 5.41) is 10.6. The quantitative estimate of drug-likeness (QED) is 0.784. The second-order valence-electron chi connectivity index (χ2n) is 5.98. The fourth-order valence-electron chi connectivity index (χ4n) is 2.50. The van der Waals surface area contributed by atoms with Crippen molar-refractivity contribution in [2.45, 2.75) is 27.7 Å². The molecule has 0 spiro atoms. The molecule has 1 heterocycles. The number of carbonyl (C=O) groups is 1. The van der Waals surface area contributed by atoms with Crippen LogP contribution in [0.25, 0.3) is 11.5 Å². The van der Waals surface area contributed by atoms with Crippen molar-refractivity contribution in [3.05, 3.63) is 64.2 Å². The molecule has 3 rings (SSSR count). The van der Waals surface area contributed by atoms with Crippen LogP contribution in [0.5, 0.6) is 0 Å². The molecule has 24 heavy (non-hydrogen) atoms. The molecular formula is C19H19N3O2. The van der Waals surface area contributed by atoms with Crippen molar-refractivity contribution in [1.82, 2.24) is 10.2 Å². The van der Waals surface area contributed by atoms with Crippen LogP contribution in [0.1, 0.15) is 32.6 Å². The van der Waals surface area contributed by atoms with Gasteiger partial charge in [-0.2, -0.15) is 0 Å². The third-order valence-electron chi connectivity index (χ3n) is 4.03. The van der Waals surface area contributed by atoms with Crippen molar-refractivity contribution in [2.75, 3.05) is 5.32 Å². The lowest BCUT2D eigenvalue weighted by Crippen LogP contribution is -2.13. The molecule has 0 atom stereocenters. The highest BCUT2D eigenvalue weighted by Crippen LogP contribution is 2.23. The summed E-state index contributed by atoms with van der Waals surface area (Å²) in [6, 6.07) is 11.7. The molecule has 0 radical (unpaired) electrons. The summed E-state index contributed by atoms with van der Waals surface area (Å²) in [4.78, 5) is 12.4. The average molecular weight is 321 g/mol. The summed E-state index contributed by atoms with van der Waals surface area (Å²) >= 11 is 0. The summed E-state index contributed by atoms with van der Waals surface area (Å²) in [5.41, 5.74) is 5.78. The van der Waals surface area contributed by atoms with Gasteiger partial charge >= 0.3 is 6.01 Å². The number of nitrogens with one attached hydrogen (secondary N) is 1. The van der Waals surface area contributed by atoms with E-state index in [1.165, 1.54) is 5.56 Å². The highest BCUT2D eigenvalue weighted by atomic mass is 16.4. The second-order valence-corrected chi connectivity index (χ2v) is 5.98. The van der Waals surface area contributed by atoms with E-state index >= 15 is 0 Å². The molecule has 5 heteroatoms. The molecule has 3 aromatic rings. The van der Waals surface area contributed by atoms with Gasteiger partial charge in [-0.15, -0.1) is 5.10 Å². The average Bonchev–Trinajstić information content (AvgIpc) is 2.98. The van der Waals surface area contributed by atoms with Gasteiger partial charge in [-0.25, -0.2) is 0 Å². The normalized spacial score (nSPS) is 10.7. The van der Waals surface area contributed by atoms with Crippen LogP contribution in [0.2, 0.25) is 0 Å². The number of amides is 1. The predicted octanol–water partition coefficient (Wildman–Crippen LogP) is 4.22. The first-order valence-electron chi connectivity index (χ1n) is 7.74. The Hall–Kier alpha value is -2.95. The number of nitrogens with zero attached hydrogens (tertiary/aromatic N) is 2. The van der Waals surface area contributed by atoms with Crippen molar-refractivity contribution in [1.29, 1.82) is 0 Å². The van der Waals surface area contributed by atoms with Crippen molar-refractivity contribution in [2.24, 2.45) is 0 Å². The van der Waals surface area contributed by atoms with Gasteiger partial charge in [0.05, 0.1) is 0 Å². The predicted molar refractivity (Wildman–Crippen MR) is 93.1 cm³/mol. The number of aromatic nitrogens is 2. The smallest absolute Gasteiger partial charge is 0.322 e. The maximum Gasteiger partial charge on any atom is 0.322 e. The first kappa shape index (κ1) is 15.9. The molecular weight excluding hydrogens is 302 g/mol. The van der Waals surface area contributed by atoms with Crippen LogP contribution in [-0.4, -0.2) is 16.1 Å². The molecule has 0 bridgehead atoms. The van der Waals surface area contributed by atoms with Crippen LogP contribution in [0.4, 0.5) is 6.01 Å². The lowest BCUT2D eigenvalue weighted by atomic mass is 10.1. The number of rotatable bonds is 3. The van der Waals surface area contributed by atoms with Gasteiger partial charge in [-0.1, -0.05) is 28.9 Å². The summed E-state index contributed by atoms with van der Waals surface area (Å²) in [5.74, 6) is 0.122. The highest BCUT2D eigenvalue weighted by Gasteiger charge is 2.14. The zero-order valence-corrected chi connectivity index (χ0v) is 14.2. The minimum atomic E-state index is -0.261. The lowest BCUT2D eigenvalue weighted by Gasteiger charge is -2.05.